The van der Waals surface area contributed by atoms with E-state index in [1.54, 1.807) is 5.32 Å². The van der Waals surface area contributed by atoms with Crippen molar-refractivity contribution in [3.8, 4) is 0 Å². The molecule has 4 aliphatic rings. The van der Waals surface area contributed by atoms with Crippen molar-refractivity contribution in [1.29, 1.82) is 0 Å². The molecule has 3 nitrogen and oxygen atoms in total. The lowest BCUT2D eigenvalue weighted by molar-refractivity contribution is -0.316. The Morgan fingerprint density at radius 2 is 1.35 bits per heavy atom. The molecule has 2 N–H and O–H groups in total. The predicted octanol–water partition coefficient (Wildman–Crippen LogP) is 4.14. The van der Waals surface area contributed by atoms with Crippen LogP contribution < -0.4 is 10.6 Å². The molecule has 4 aliphatic carbocycles. The quantitative estimate of drug-likeness (QED) is 0.551. The fraction of sp³-hybridized carbons (Fsp3) is 0.941. The summed E-state index contributed by atoms with van der Waals surface area (Å²) < 4.78 is 79.9. The topological polar surface area (TPSA) is 41.1 Å². The number of hydrogen-bond donors (Lipinski definition) is 2. The van der Waals surface area contributed by atoms with E-state index in [2.05, 4.69) is 0 Å². The van der Waals surface area contributed by atoms with Crippen LogP contribution in [0.15, 0.2) is 0 Å². The van der Waals surface area contributed by atoms with Crippen LogP contribution in [0.2, 0.25) is 0 Å². The second-order valence-electron chi connectivity index (χ2n) is 8.52. The lowest BCUT2D eigenvalue weighted by Crippen LogP contribution is -2.75. The minimum atomic E-state index is -5.70. The molecule has 0 saturated heterocycles. The Kier molecular flexibility index (Phi) is 4.77. The molecule has 9 heteroatoms. The van der Waals surface area contributed by atoms with E-state index in [-0.39, 0.29) is 11.8 Å². The highest BCUT2D eigenvalue weighted by Gasteiger charge is 2.72. The van der Waals surface area contributed by atoms with Crippen LogP contribution in [0.3, 0.4) is 0 Å². The second kappa shape index (κ2) is 6.27. The Morgan fingerprint density at radius 3 is 1.69 bits per heavy atom. The SMILES string of the molecule is CC(=O)NC(NCCC12CC3CC(CC(C3)C1)C2)(C(F)(F)F)C(F)(F)F. The summed E-state index contributed by atoms with van der Waals surface area (Å²) in [7, 11) is 0. The van der Waals surface area contributed by atoms with Gasteiger partial charge in [0.1, 0.15) is 0 Å². The van der Waals surface area contributed by atoms with Gasteiger partial charge in [-0.15, -0.1) is 0 Å². The zero-order valence-corrected chi connectivity index (χ0v) is 14.6. The first kappa shape index (κ1) is 19.8. The molecule has 4 fully saturated rings. The number of rotatable bonds is 5. The number of alkyl halides is 6. The van der Waals surface area contributed by atoms with Gasteiger partial charge in [-0.25, -0.2) is 0 Å². The van der Waals surface area contributed by atoms with Crippen molar-refractivity contribution in [2.75, 3.05) is 6.54 Å². The molecule has 0 aliphatic heterocycles. The average Bonchev–Trinajstić information content (AvgIpc) is 2.41. The van der Waals surface area contributed by atoms with Crippen molar-refractivity contribution in [2.24, 2.45) is 23.2 Å². The van der Waals surface area contributed by atoms with Gasteiger partial charge in [0, 0.05) is 6.92 Å². The highest BCUT2D eigenvalue weighted by Crippen LogP contribution is 2.61. The van der Waals surface area contributed by atoms with Gasteiger partial charge in [0.05, 0.1) is 0 Å². The number of carbonyl (C=O) groups excluding carboxylic acids is 1. The Bertz CT molecular complexity index is 507. The molecule has 150 valence electrons. The highest BCUT2D eigenvalue weighted by molar-refractivity contribution is 5.74. The molecule has 0 heterocycles. The first-order valence-electron chi connectivity index (χ1n) is 9.03. The summed E-state index contributed by atoms with van der Waals surface area (Å²) in [5.41, 5.74) is -4.56. The highest BCUT2D eigenvalue weighted by atomic mass is 19.4. The number of carbonyl (C=O) groups is 1. The third-order valence-corrected chi connectivity index (χ3v) is 6.42. The standard InChI is InChI=1S/C17H24F6N2O/c1-10(26)25-15(16(18,19)20,17(21,22)23)24-3-2-14-7-11-4-12(8-14)6-13(5-11)9-14/h11-13,24H,2-9H2,1H3,(H,25,26). The molecular formula is C17H24F6N2O. The molecule has 4 bridgehead atoms. The van der Waals surface area contributed by atoms with Crippen LogP contribution in [0.5, 0.6) is 0 Å². The Labute approximate surface area is 148 Å². The van der Waals surface area contributed by atoms with Gasteiger partial charge < -0.3 is 5.32 Å². The lowest BCUT2D eigenvalue weighted by Gasteiger charge is -2.57. The first-order valence-corrected chi connectivity index (χ1v) is 9.03. The fourth-order valence-electron chi connectivity index (χ4n) is 5.92. The number of halogens is 6. The van der Waals surface area contributed by atoms with Gasteiger partial charge in [0.15, 0.2) is 0 Å². The normalized spacial score (nSPS) is 34.2. The van der Waals surface area contributed by atoms with E-state index in [9.17, 15) is 31.1 Å². The molecule has 4 saturated carbocycles. The molecular weight excluding hydrogens is 362 g/mol. The molecule has 0 atom stereocenters. The third kappa shape index (κ3) is 3.43. The van der Waals surface area contributed by atoms with E-state index < -0.39 is 30.5 Å². The van der Waals surface area contributed by atoms with E-state index in [4.69, 9.17) is 0 Å². The molecule has 26 heavy (non-hydrogen) atoms. The van der Waals surface area contributed by atoms with E-state index in [1.807, 2.05) is 0 Å². The molecule has 4 rings (SSSR count). The maximum Gasteiger partial charge on any atom is 0.434 e. The van der Waals surface area contributed by atoms with Crippen LogP contribution in [0.25, 0.3) is 0 Å². The smallest absolute Gasteiger partial charge is 0.323 e. The molecule has 1 amide bonds. The zero-order chi connectivity index (χ0) is 19.4. The van der Waals surface area contributed by atoms with Crippen molar-refractivity contribution in [1.82, 2.24) is 10.6 Å². The molecule has 0 aromatic heterocycles. The number of amides is 1. The number of nitrogens with one attached hydrogen (secondary N) is 2. The average molecular weight is 386 g/mol. The van der Waals surface area contributed by atoms with Gasteiger partial charge >= 0.3 is 12.4 Å². The van der Waals surface area contributed by atoms with Crippen molar-refractivity contribution in [3.05, 3.63) is 0 Å². The minimum Gasteiger partial charge on any atom is -0.323 e. The Hall–Kier alpha value is -0.990. The van der Waals surface area contributed by atoms with Gasteiger partial charge in [-0.05, 0) is 74.7 Å². The maximum absolute atomic E-state index is 13.3. The summed E-state index contributed by atoms with van der Waals surface area (Å²) in [4.78, 5) is 11.1. The summed E-state index contributed by atoms with van der Waals surface area (Å²) in [5, 5.41) is 2.72. The summed E-state index contributed by atoms with van der Waals surface area (Å²) in [5.74, 6) is 0.298. The van der Waals surface area contributed by atoms with Gasteiger partial charge in [0.2, 0.25) is 5.91 Å². The summed E-state index contributed by atoms with van der Waals surface area (Å²) in [6, 6.07) is 0. The Balaban J connectivity index is 1.73. The zero-order valence-electron chi connectivity index (χ0n) is 14.6. The van der Waals surface area contributed by atoms with Crippen LogP contribution in [-0.4, -0.2) is 30.5 Å². The summed E-state index contributed by atoms with van der Waals surface area (Å²) >= 11 is 0. The number of hydrogen-bond acceptors (Lipinski definition) is 2. The molecule has 0 aromatic rings. The first-order chi connectivity index (χ1) is 11.9. The van der Waals surface area contributed by atoms with E-state index in [0.29, 0.717) is 24.7 Å². The van der Waals surface area contributed by atoms with Crippen LogP contribution in [-0.2, 0) is 4.79 Å². The Morgan fingerprint density at radius 1 is 0.923 bits per heavy atom. The van der Waals surface area contributed by atoms with Crippen molar-refractivity contribution in [2.45, 2.75) is 69.9 Å². The van der Waals surface area contributed by atoms with E-state index >= 15 is 0 Å². The van der Waals surface area contributed by atoms with Crippen LogP contribution in [0.1, 0.15) is 51.9 Å². The largest absolute Gasteiger partial charge is 0.434 e. The van der Waals surface area contributed by atoms with Crippen molar-refractivity contribution >= 4 is 5.91 Å². The minimum absolute atomic E-state index is 0.152. The van der Waals surface area contributed by atoms with Crippen molar-refractivity contribution < 1.29 is 31.1 Å². The fourth-order valence-corrected chi connectivity index (χ4v) is 5.92. The van der Waals surface area contributed by atoms with Crippen LogP contribution in [0.4, 0.5) is 26.3 Å². The van der Waals surface area contributed by atoms with Gasteiger partial charge in [-0.2, -0.15) is 26.3 Å². The molecule has 0 spiro atoms. The summed E-state index contributed by atoms with van der Waals surface area (Å²) in [6.07, 6.45) is -5.00. The molecule has 0 unspecified atom stereocenters. The predicted molar refractivity (Wildman–Crippen MR) is 81.9 cm³/mol. The molecule has 0 radical (unpaired) electrons. The van der Waals surface area contributed by atoms with Gasteiger partial charge in [-0.1, -0.05) is 0 Å². The molecule has 0 aromatic carbocycles. The van der Waals surface area contributed by atoms with Crippen LogP contribution >= 0.6 is 0 Å². The maximum atomic E-state index is 13.3. The summed E-state index contributed by atoms with van der Waals surface area (Å²) in [6.45, 7) is 0.207. The second-order valence-corrected chi connectivity index (χ2v) is 8.52. The van der Waals surface area contributed by atoms with Gasteiger partial charge in [-0.3, -0.25) is 10.1 Å². The lowest BCUT2D eigenvalue weighted by atomic mass is 9.49. The van der Waals surface area contributed by atoms with Crippen LogP contribution in [0, 0.1) is 23.2 Å². The van der Waals surface area contributed by atoms with Crippen molar-refractivity contribution in [3.63, 3.8) is 0 Å². The third-order valence-electron chi connectivity index (χ3n) is 6.42. The van der Waals surface area contributed by atoms with Gasteiger partial charge in [0.25, 0.3) is 5.66 Å². The monoisotopic (exact) mass is 386 g/mol. The van der Waals surface area contributed by atoms with E-state index in [1.165, 1.54) is 0 Å². The van der Waals surface area contributed by atoms with E-state index in [0.717, 1.165) is 43.8 Å².